The molecule has 0 saturated carbocycles. The molecule has 6 N–H and O–H groups in total. The number of carboxylic acids is 1. The number of carbonyl (C=O) groups is 3. The smallest absolute Gasteiger partial charge is 0.251 e. The van der Waals surface area contributed by atoms with Crippen LogP contribution in [0.1, 0.15) is 28.4 Å². The molecule has 2 rings (SSSR count). The molecule has 0 saturated heterocycles. The lowest BCUT2D eigenvalue weighted by molar-refractivity contribution is -0.306. The zero-order valence-corrected chi connectivity index (χ0v) is 14.9. The van der Waals surface area contributed by atoms with Gasteiger partial charge in [-0.25, -0.2) is 4.99 Å². The summed E-state index contributed by atoms with van der Waals surface area (Å²) in [6.45, 7) is -0.332. The van der Waals surface area contributed by atoms with Gasteiger partial charge in [-0.15, -0.1) is 0 Å². The van der Waals surface area contributed by atoms with Gasteiger partial charge in [0.25, 0.3) is 5.91 Å². The van der Waals surface area contributed by atoms with Gasteiger partial charge in [-0.2, -0.15) is 0 Å². The summed E-state index contributed by atoms with van der Waals surface area (Å²) in [5.74, 6) is -2.48. The first-order chi connectivity index (χ1) is 13.3. The minimum absolute atomic E-state index is 0.142. The van der Waals surface area contributed by atoms with Crippen LogP contribution in [-0.2, 0) is 9.59 Å². The molecule has 146 valence electrons. The van der Waals surface area contributed by atoms with Crippen molar-refractivity contribution in [3.63, 3.8) is 0 Å². The molecular weight excluding hydrogens is 362 g/mol. The topological polar surface area (TPSA) is 163 Å². The average molecular weight is 382 g/mol. The summed E-state index contributed by atoms with van der Waals surface area (Å²) in [6.07, 6.45) is -0.385. The number of hydrogen-bond donors (Lipinski definition) is 4. The summed E-state index contributed by atoms with van der Waals surface area (Å²) in [5, 5.41) is 16.0. The molecule has 0 radical (unpaired) electrons. The fraction of sp³-hybridized carbons (Fsp3) is 0.158. The Morgan fingerprint density at radius 1 is 1.04 bits per heavy atom. The van der Waals surface area contributed by atoms with E-state index in [1.807, 2.05) is 0 Å². The van der Waals surface area contributed by atoms with Crippen molar-refractivity contribution in [2.45, 2.75) is 12.5 Å². The van der Waals surface area contributed by atoms with E-state index in [4.69, 9.17) is 11.5 Å². The van der Waals surface area contributed by atoms with Crippen molar-refractivity contribution in [3.05, 3.63) is 65.7 Å². The van der Waals surface area contributed by atoms with E-state index in [0.29, 0.717) is 11.3 Å². The lowest BCUT2D eigenvalue weighted by Gasteiger charge is -2.20. The Kier molecular flexibility index (Phi) is 7.09. The van der Waals surface area contributed by atoms with Gasteiger partial charge < -0.3 is 32.0 Å². The predicted molar refractivity (Wildman–Crippen MR) is 101 cm³/mol. The van der Waals surface area contributed by atoms with E-state index in [1.165, 1.54) is 6.07 Å². The van der Waals surface area contributed by atoms with Crippen LogP contribution in [0.4, 0.5) is 5.69 Å². The summed E-state index contributed by atoms with van der Waals surface area (Å²) < 4.78 is 0. The Bertz CT molecular complexity index is 879. The number of nitrogens with two attached hydrogens (primary N) is 2. The fourth-order valence-corrected chi connectivity index (χ4v) is 2.48. The van der Waals surface area contributed by atoms with Crippen LogP contribution in [0.15, 0.2) is 59.6 Å². The van der Waals surface area contributed by atoms with Gasteiger partial charge in [0, 0.05) is 18.0 Å². The van der Waals surface area contributed by atoms with Crippen molar-refractivity contribution in [2.24, 2.45) is 16.5 Å². The fourth-order valence-electron chi connectivity index (χ4n) is 2.48. The summed E-state index contributed by atoms with van der Waals surface area (Å²) in [7, 11) is 0. The number of carboxylic acid groups (broad SMARTS) is 1. The molecule has 0 fully saturated rings. The van der Waals surface area contributed by atoms with Gasteiger partial charge in [0.05, 0.1) is 18.3 Å². The van der Waals surface area contributed by atoms with E-state index >= 15 is 0 Å². The number of nitrogens with one attached hydrogen (secondary N) is 2. The molecule has 0 aliphatic carbocycles. The van der Waals surface area contributed by atoms with Gasteiger partial charge in [0.2, 0.25) is 5.91 Å². The molecule has 2 aromatic carbocycles. The van der Waals surface area contributed by atoms with Crippen LogP contribution in [-0.4, -0.2) is 30.3 Å². The van der Waals surface area contributed by atoms with Crippen molar-refractivity contribution in [2.75, 3.05) is 6.54 Å². The number of benzene rings is 2. The monoisotopic (exact) mass is 382 g/mol. The maximum Gasteiger partial charge on any atom is 0.251 e. The summed E-state index contributed by atoms with van der Waals surface area (Å²) in [5.41, 5.74) is 11.9. The molecule has 1 atom stereocenters. The Morgan fingerprint density at radius 3 is 2.39 bits per heavy atom. The Labute approximate surface area is 161 Å². The van der Waals surface area contributed by atoms with E-state index in [0.717, 1.165) is 0 Å². The van der Waals surface area contributed by atoms with Gasteiger partial charge in [-0.05, 0) is 23.8 Å². The quantitative estimate of drug-likeness (QED) is 0.349. The minimum atomic E-state index is -1.30. The number of hydrogen-bond acceptors (Lipinski definition) is 5. The maximum absolute atomic E-state index is 12.2. The van der Waals surface area contributed by atoms with Crippen LogP contribution in [0.25, 0.3) is 0 Å². The van der Waals surface area contributed by atoms with Crippen molar-refractivity contribution in [3.8, 4) is 0 Å². The largest absolute Gasteiger partial charge is 0.550 e. The second-order valence-corrected chi connectivity index (χ2v) is 5.88. The van der Waals surface area contributed by atoms with Crippen molar-refractivity contribution >= 4 is 29.4 Å². The third kappa shape index (κ3) is 6.45. The average Bonchev–Trinajstić information content (AvgIpc) is 2.65. The van der Waals surface area contributed by atoms with E-state index in [9.17, 15) is 19.5 Å². The number of carbonyl (C=O) groups excluding carboxylic acids is 3. The summed E-state index contributed by atoms with van der Waals surface area (Å²) >= 11 is 0. The highest BCUT2D eigenvalue weighted by Crippen LogP contribution is 2.16. The Morgan fingerprint density at radius 2 is 1.75 bits per heavy atom. The molecule has 0 aromatic heterocycles. The molecule has 0 heterocycles. The zero-order valence-electron chi connectivity index (χ0n) is 14.9. The first kappa shape index (κ1) is 20.4. The normalized spacial score (nSPS) is 11.1. The van der Waals surface area contributed by atoms with Crippen molar-refractivity contribution in [1.29, 1.82) is 0 Å². The van der Waals surface area contributed by atoms with Crippen LogP contribution in [0.5, 0.6) is 0 Å². The van der Waals surface area contributed by atoms with Gasteiger partial charge in [-0.3, -0.25) is 9.59 Å². The van der Waals surface area contributed by atoms with Gasteiger partial charge in [0.15, 0.2) is 5.96 Å². The van der Waals surface area contributed by atoms with E-state index in [1.54, 1.807) is 48.5 Å². The summed E-state index contributed by atoms with van der Waals surface area (Å²) in [6, 6.07) is 14.1. The minimum Gasteiger partial charge on any atom is -0.550 e. The van der Waals surface area contributed by atoms with Gasteiger partial charge in [-0.1, -0.05) is 36.4 Å². The van der Waals surface area contributed by atoms with Crippen LogP contribution in [0, 0.1) is 0 Å². The SMILES string of the molecule is NC(N)=Nc1cccc(C(=O)NCC(=O)NC(CC(=O)[O-])c2ccccc2)c1. The zero-order chi connectivity index (χ0) is 20.5. The molecular formula is C19H20N5O4-. The van der Waals surface area contributed by atoms with Crippen LogP contribution in [0.2, 0.25) is 0 Å². The third-order valence-corrected chi connectivity index (χ3v) is 3.68. The maximum atomic E-state index is 12.2. The molecule has 0 spiro atoms. The highest BCUT2D eigenvalue weighted by Gasteiger charge is 2.16. The molecule has 9 nitrogen and oxygen atoms in total. The number of aliphatic carboxylic acids is 1. The number of amides is 2. The van der Waals surface area contributed by atoms with Crippen LogP contribution < -0.4 is 27.2 Å². The van der Waals surface area contributed by atoms with Gasteiger partial charge >= 0.3 is 0 Å². The second-order valence-electron chi connectivity index (χ2n) is 5.88. The van der Waals surface area contributed by atoms with Gasteiger partial charge in [0.1, 0.15) is 0 Å². The Balaban J connectivity index is 1.97. The van der Waals surface area contributed by atoms with E-state index in [-0.39, 0.29) is 24.5 Å². The standard InChI is InChI=1S/C19H21N5O4/c20-19(21)23-14-8-4-7-13(9-14)18(28)22-11-16(25)24-15(10-17(26)27)12-5-2-1-3-6-12/h1-9,15H,10-11H2,(H,22,28)(H,24,25)(H,26,27)(H4,20,21,23)/p-1. The molecule has 1 unspecified atom stereocenters. The first-order valence-corrected chi connectivity index (χ1v) is 8.37. The third-order valence-electron chi connectivity index (χ3n) is 3.68. The highest BCUT2D eigenvalue weighted by atomic mass is 16.4. The predicted octanol–water partition coefficient (Wildman–Crippen LogP) is -0.681. The lowest BCUT2D eigenvalue weighted by atomic mass is 10.0. The molecule has 2 aromatic rings. The Hall–Kier alpha value is -3.88. The molecule has 0 aliphatic rings. The molecule has 9 heteroatoms. The van der Waals surface area contributed by atoms with Crippen LogP contribution in [0.3, 0.4) is 0 Å². The lowest BCUT2D eigenvalue weighted by Crippen LogP contribution is -2.40. The number of nitrogens with zero attached hydrogens (tertiary/aromatic N) is 1. The molecule has 0 bridgehead atoms. The highest BCUT2D eigenvalue weighted by molar-refractivity contribution is 5.97. The molecule has 0 aliphatic heterocycles. The molecule has 2 amide bonds. The van der Waals surface area contributed by atoms with Crippen molar-refractivity contribution < 1.29 is 19.5 Å². The number of rotatable bonds is 8. The van der Waals surface area contributed by atoms with E-state index < -0.39 is 23.8 Å². The number of aliphatic imine (C=N–C) groups is 1. The first-order valence-electron chi connectivity index (χ1n) is 8.37. The number of guanidine groups is 1. The molecule has 28 heavy (non-hydrogen) atoms. The van der Waals surface area contributed by atoms with Crippen LogP contribution >= 0.6 is 0 Å². The van der Waals surface area contributed by atoms with E-state index in [2.05, 4.69) is 15.6 Å². The summed E-state index contributed by atoms with van der Waals surface area (Å²) in [4.78, 5) is 39.2. The second kappa shape index (κ2) is 9.72. The van der Waals surface area contributed by atoms with Crippen molar-refractivity contribution in [1.82, 2.24) is 10.6 Å².